The Morgan fingerprint density at radius 1 is 1.16 bits per heavy atom. The Balaban J connectivity index is 1.47. The number of hydrogen-bond donors (Lipinski definition) is 1. The van der Waals surface area contributed by atoms with E-state index < -0.39 is 0 Å². The Morgan fingerprint density at radius 3 is 2.73 bits per heavy atom. The maximum absolute atomic E-state index is 13.0. The summed E-state index contributed by atoms with van der Waals surface area (Å²) in [5.41, 5.74) is 5.79. The Bertz CT molecular complexity index is 1510. The van der Waals surface area contributed by atoms with Crippen molar-refractivity contribution in [3.05, 3.63) is 64.6 Å². The van der Waals surface area contributed by atoms with Crippen molar-refractivity contribution in [3.8, 4) is 27.5 Å². The molecule has 37 heavy (non-hydrogen) atoms. The van der Waals surface area contributed by atoms with Crippen LogP contribution in [-0.4, -0.2) is 62.8 Å². The van der Waals surface area contributed by atoms with Crippen LogP contribution in [0.5, 0.6) is 0 Å². The third-order valence-corrected chi connectivity index (χ3v) is 7.77. The minimum atomic E-state index is -0.167. The van der Waals surface area contributed by atoms with Crippen molar-refractivity contribution in [2.75, 3.05) is 31.6 Å². The lowest BCUT2D eigenvalue weighted by Gasteiger charge is -2.27. The minimum absolute atomic E-state index is 0.0695. The number of nitrogens with zero attached hydrogens (tertiary/aromatic N) is 5. The van der Waals surface area contributed by atoms with E-state index in [0.717, 1.165) is 45.9 Å². The van der Waals surface area contributed by atoms with Crippen molar-refractivity contribution in [1.29, 1.82) is 0 Å². The van der Waals surface area contributed by atoms with E-state index in [1.807, 2.05) is 22.9 Å². The van der Waals surface area contributed by atoms with Gasteiger partial charge in [-0.05, 0) is 43.2 Å². The molecule has 1 aromatic carbocycles. The Labute approximate surface area is 222 Å². The number of morpholine rings is 1. The summed E-state index contributed by atoms with van der Waals surface area (Å²) in [6, 6.07) is 9.19. The van der Waals surface area contributed by atoms with Gasteiger partial charge in [0.2, 0.25) is 5.91 Å². The lowest BCUT2D eigenvalue weighted by Crippen LogP contribution is -2.40. The number of ether oxygens (including phenoxy) is 1. The highest BCUT2D eigenvalue weighted by molar-refractivity contribution is 7.19. The molecule has 2 amide bonds. The van der Waals surface area contributed by atoms with E-state index in [-0.39, 0.29) is 11.8 Å². The minimum Gasteiger partial charge on any atom is -0.378 e. The number of aryl methyl sites for hydroxylation is 1. The molecule has 11 heteroatoms. The number of nitrogens with one attached hydrogen (secondary N) is 1. The smallest absolute Gasteiger partial charge is 0.254 e. The molecule has 0 unspecified atom stereocenters. The molecule has 0 atom stereocenters. The normalized spacial score (nSPS) is 14.7. The number of benzene rings is 1. The summed E-state index contributed by atoms with van der Waals surface area (Å²) < 4.78 is 7.20. The van der Waals surface area contributed by atoms with Crippen molar-refractivity contribution in [2.24, 2.45) is 0 Å². The molecule has 0 saturated carbocycles. The second-order valence-corrected chi connectivity index (χ2v) is 10.3. The van der Waals surface area contributed by atoms with Crippen molar-refractivity contribution >= 4 is 39.9 Å². The average Bonchev–Trinajstić information content (AvgIpc) is 3.50. The molecule has 0 radical (unpaired) electrons. The van der Waals surface area contributed by atoms with E-state index in [1.54, 1.807) is 29.4 Å². The molecule has 4 aromatic rings. The fraction of sp³-hybridized carbons (Fsp3) is 0.269. The number of rotatable bonds is 4. The standard InChI is InChI=1S/C26H23ClN6O3S/c1-15(34)29-26-30-20-6-5-18-22(17-3-2-8-28-14-17)31-33(23(18)24(20)37-26)21-7-4-16(13-19(21)27)25(35)32-9-11-36-12-10-32/h2-4,7-8,13-14H,5-6,9-12H2,1H3,(H,29,30,34). The van der Waals surface area contributed by atoms with Crippen LogP contribution in [-0.2, 0) is 22.4 Å². The van der Waals surface area contributed by atoms with Crippen LogP contribution in [0.4, 0.5) is 5.13 Å². The number of anilines is 1. The van der Waals surface area contributed by atoms with Gasteiger partial charge in [-0.2, -0.15) is 5.10 Å². The fourth-order valence-electron chi connectivity index (χ4n) is 4.74. The topological polar surface area (TPSA) is 102 Å². The number of hydrogen-bond acceptors (Lipinski definition) is 7. The Hall–Kier alpha value is -3.60. The monoisotopic (exact) mass is 534 g/mol. The zero-order valence-corrected chi connectivity index (χ0v) is 21.6. The summed E-state index contributed by atoms with van der Waals surface area (Å²) in [5, 5.41) is 8.77. The summed E-state index contributed by atoms with van der Waals surface area (Å²) in [7, 11) is 0. The van der Waals surface area contributed by atoms with Gasteiger partial charge in [-0.3, -0.25) is 14.6 Å². The van der Waals surface area contributed by atoms with Crippen LogP contribution in [0.2, 0.25) is 5.02 Å². The highest BCUT2D eigenvalue weighted by Gasteiger charge is 2.31. The van der Waals surface area contributed by atoms with Crippen LogP contribution in [0.15, 0.2) is 42.7 Å². The van der Waals surface area contributed by atoms with E-state index in [0.29, 0.717) is 47.7 Å². The van der Waals surface area contributed by atoms with Crippen LogP contribution < -0.4 is 5.32 Å². The first-order valence-electron chi connectivity index (χ1n) is 12.0. The number of fused-ring (bicyclic) bond motifs is 3. The number of aromatic nitrogens is 4. The highest BCUT2D eigenvalue weighted by Crippen LogP contribution is 2.44. The molecule has 1 aliphatic heterocycles. The molecule has 4 heterocycles. The van der Waals surface area contributed by atoms with Gasteiger partial charge in [-0.25, -0.2) is 9.67 Å². The molecule has 2 aliphatic rings. The molecule has 0 bridgehead atoms. The van der Waals surface area contributed by atoms with E-state index >= 15 is 0 Å². The fourth-order valence-corrected chi connectivity index (χ4v) is 6.12. The molecule has 1 fully saturated rings. The van der Waals surface area contributed by atoms with Crippen LogP contribution >= 0.6 is 22.9 Å². The van der Waals surface area contributed by atoms with Crippen molar-refractivity contribution in [1.82, 2.24) is 24.6 Å². The van der Waals surface area contributed by atoms with Crippen LogP contribution in [0, 0.1) is 0 Å². The summed E-state index contributed by atoms with van der Waals surface area (Å²) >= 11 is 8.23. The number of carbonyl (C=O) groups excluding carboxylic acids is 2. The number of thiazole rings is 1. The molecule has 1 N–H and O–H groups in total. The maximum Gasteiger partial charge on any atom is 0.254 e. The summed E-state index contributed by atoms with van der Waals surface area (Å²) in [5.74, 6) is -0.237. The van der Waals surface area contributed by atoms with Gasteiger partial charge in [0.05, 0.1) is 45.9 Å². The lowest BCUT2D eigenvalue weighted by atomic mass is 9.95. The predicted molar refractivity (Wildman–Crippen MR) is 141 cm³/mol. The second-order valence-electron chi connectivity index (χ2n) is 8.88. The molecule has 6 rings (SSSR count). The van der Waals surface area contributed by atoms with E-state index in [2.05, 4.69) is 15.3 Å². The molecule has 1 aliphatic carbocycles. The molecular formula is C26H23ClN6O3S. The summed E-state index contributed by atoms with van der Waals surface area (Å²) in [6.07, 6.45) is 5.00. The first kappa shape index (κ1) is 23.8. The van der Waals surface area contributed by atoms with E-state index in [9.17, 15) is 9.59 Å². The molecular weight excluding hydrogens is 512 g/mol. The Morgan fingerprint density at radius 2 is 2.00 bits per heavy atom. The average molecular weight is 535 g/mol. The second kappa shape index (κ2) is 9.70. The van der Waals surface area contributed by atoms with Gasteiger partial charge < -0.3 is 15.0 Å². The third-order valence-electron chi connectivity index (χ3n) is 6.45. The van der Waals surface area contributed by atoms with Crippen LogP contribution in [0.1, 0.15) is 28.5 Å². The van der Waals surface area contributed by atoms with Crippen LogP contribution in [0.25, 0.3) is 27.5 Å². The zero-order chi connectivity index (χ0) is 25.5. The number of amides is 2. The number of pyridine rings is 1. The number of halogens is 1. The zero-order valence-electron chi connectivity index (χ0n) is 20.0. The molecule has 9 nitrogen and oxygen atoms in total. The first-order valence-corrected chi connectivity index (χ1v) is 13.2. The third kappa shape index (κ3) is 4.41. The van der Waals surface area contributed by atoms with Gasteiger partial charge >= 0.3 is 0 Å². The Kier molecular flexibility index (Phi) is 6.23. The molecule has 1 saturated heterocycles. The largest absolute Gasteiger partial charge is 0.378 e. The summed E-state index contributed by atoms with van der Waals surface area (Å²) in [4.78, 5) is 36.3. The molecule has 0 spiro atoms. The molecule has 188 valence electrons. The SMILES string of the molecule is CC(=O)Nc1nc2c(s1)-c1c(c(-c3cccnc3)nn1-c1ccc(C(=O)N3CCOCC3)cc1Cl)CC2. The maximum atomic E-state index is 13.0. The summed E-state index contributed by atoms with van der Waals surface area (Å²) in [6.45, 7) is 3.65. The first-order chi connectivity index (χ1) is 18.0. The van der Waals surface area contributed by atoms with Crippen molar-refractivity contribution in [2.45, 2.75) is 19.8 Å². The van der Waals surface area contributed by atoms with Gasteiger partial charge in [-0.1, -0.05) is 22.9 Å². The van der Waals surface area contributed by atoms with Crippen LogP contribution in [0.3, 0.4) is 0 Å². The van der Waals surface area contributed by atoms with Crippen molar-refractivity contribution in [3.63, 3.8) is 0 Å². The van der Waals surface area contributed by atoms with Gasteiger partial charge in [0.15, 0.2) is 5.13 Å². The quantitative estimate of drug-likeness (QED) is 0.420. The van der Waals surface area contributed by atoms with Gasteiger partial charge in [0.1, 0.15) is 0 Å². The van der Waals surface area contributed by atoms with E-state index in [1.165, 1.54) is 18.3 Å². The van der Waals surface area contributed by atoms with Crippen molar-refractivity contribution < 1.29 is 14.3 Å². The molecule has 3 aromatic heterocycles. The van der Waals surface area contributed by atoms with Gasteiger partial charge in [-0.15, -0.1) is 0 Å². The van der Waals surface area contributed by atoms with Gasteiger partial charge in [0, 0.05) is 49.1 Å². The van der Waals surface area contributed by atoms with Gasteiger partial charge in [0.25, 0.3) is 5.91 Å². The predicted octanol–water partition coefficient (Wildman–Crippen LogP) is 4.24. The van der Waals surface area contributed by atoms with E-state index in [4.69, 9.17) is 21.4 Å². The highest BCUT2D eigenvalue weighted by atomic mass is 35.5. The lowest BCUT2D eigenvalue weighted by molar-refractivity contribution is -0.114. The number of carbonyl (C=O) groups is 2.